The number of thioether (sulfide) groups is 1. The van der Waals surface area contributed by atoms with Gasteiger partial charge in [-0.25, -0.2) is 0 Å². The number of rotatable bonds is 8. The predicted octanol–water partition coefficient (Wildman–Crippen LogP) is 3.75. The highest BCUT2D eigenvalue weighted by Crippen LogP contribution is 2.32. The van der Waals surface area contributed by atoms with E-state index < -0.39 is 24.8 Å². The Morgan fingerprint density at radius 2 is 1.95 bits per heavy atom. The maximum atomic E-state index is 14.5. The van der Waals surface area contributed by atoms with Crippen molar-refractivity contribution in [3.8, 4) is 17.6 Å². The van der Waals surface area contributed by atoms with Gasteiger partial charge in [0.15, 0.2) is 0 Å². The predicted molar refractivity (Wildman–Crippen MR) is 148 cm³/mol. The number of ether oxygens (including phenoxy) is 1. The van der Waals surface area contributed by atoms with Crippen LogP contribution in [0.15, 0.2) is 47.4 Å². The first kappa shape index (κ1) is 29.9. The fourth-order valence-electron chi connectivity index (χ4n) is 4.36. The first-order chi connectivity index (χ1) is 18.8. The molecule has 1 aliphatic heterocycles. The Hall–Kier alpha value is -3.09. The molecule has 0 spiro atoms. The number of halogens is 4. The van der Waals surface area contributed by atoms with Crippen LogP contribution in [0.5, 0.6) is 5.75 Å². The molecule has 1 atom stereocenters. The van der Waals surface area contributed by atoms with Crippen molar-refractivity contribution in [2.75, 3.05) is 43.7 Å². The third kappa shape index (κ3) is 7.77. The van der Waals surface area contributed by atoms with Gasteiger partial charge >= 0.3 is 6.18 Å². The van der Waals surface area contributed by atoms with E-state index in [0.717, 1.165) is 9.46 Å². The number of hydrogen-bond donors (Lipinski definition) is 4. The molecule has 14 heteroatoms. The summed E-state index contributed by atoms with van der Waals surface area (Å²) in [5.41, 5.74) is 1.29. The number of alkyl halides is 3. The summed E-state index contributed by atoms with van der Waals surface area (Å²) in [5.74, 6) is 2.75. The molecule has 4 N–H and O–H groups in total. The summed E-state index contributed by atoms with van der Waals surface area (Å²) in [5, 5.41) is 26.1. The average molecular weight is 577 g/mol. The third-order valence-electron chi connectivity index (χ3n) is 6.14. The van der Waals surface area contributed by atoms with E-state index in [1.807, 2.05) is 11.2 Å². The Balaban J connectivity index is 1.60. The lowest BCUT2D eigenvalue weighted by atomic mass is 10.1. The largest absolute Gasteiger partial charge is 0.447 e. The number of aliphatic hydroxyl groups is 2. The number of fused-ring (bicyclic) bond motifs is 1. The van der Waals surface area contributed by atoms with Crippen LogP contribution >= 0.6 is 11.8 Å². The van der Waals surface area contributed by atoms with Gasteiger partial charge < -0.3 is 30.2 Å². The average Bonchev–Trinajstić information content (AvgIpc) is 3.20. The molecule has 0 amide bonds. The summed E-state index contributed by atoms with van der Waals surface area (Å²) in [6, 6.07) is 11.4. The van der Waals surface area contributed by atoms with Gasteiger partial charge in [0.2, 0.25) is 7.85 Å². The van der Waals surface area contributed by atoms with Crippen LogP contribution in [0.1, 0.15) is 12.1 Å². The lowest BCUT2D eigenvalue weighted by Gasteiger charge is -2.35. The smallest absolute Gasteiger partial charge is 0.406 e. The van der Waals surface area contributed by atoms with Crippen molar-refractivity contribution in [2.24, 2.45) is 0 Å². The van der Waals surface area contributed by atoms with E-state index >= 15 is 0 Å². The summed E-state index contributed by atoms with van der Waals surface area (Å²) in [6.45, 7) is -0.473. The van der Waals surface area contributed by atoms with Crippen molar-refractivity contribution in [1.29, 1.82) is 0 Å². The number of hydrogen-bond acceptors (Lipinski definition) is 8. The Morgan fingerprint density at radius 3 is 2.62 bits per heavy atom. The van der Waals surface area contributed by atoms with Gasteiger partial charge in [0.25, 0.3) is 5.87 Å². The Labute approximate surface area is 234 Å². The van der Waals surface area contributed by atoms with E-state index in [-0.39, 0.29) is 24.7 Å². The molecule has 0 saturated carbocycles. The van der Waals surface area contributed by atoms with Gasteiger partial charge in [-0.1, -0.05) is 12.0 Å². The summed E-state index contributed by atoms with van der Waals surface area (Å²) in [6.07, 6.45) is -2.80. The maximum Gasteiger partial charge on any atom is 0.406 e. The second kappa shape index (κ2) is 12.2. The van der Waals surface area contributed by atoms with Gasteiger partial charge in [-0.3, -0.25) is 4.90 Å². The van der Waals surface area contributed by atoms with Crippen molar-refractivity contribution in [2.45, 2.75) is 36.1 Å². The molecule has 1 aliphatic rings. The van der Waals surface area contributed by atoms with Crippen molar-refractivity contribution in [3.05, 3.63) is 48.2 Å². The molecule has 40 heavy (non-hydrogen) atoms. The van der Waals surface area contributed by atoms with E-state index in [1.54, 1.807) is 49.5 Å². The molecule has 2 aromatic carbocycles. The molecule has 0 aliphatic carbocycles. The van der Waals surface area contributed by atoms with E-state index in [4.69, 9.17) is 12.6 Å². The van der Waals surface area contributed by atoms with Crippen LogP contribution < -0.4 is 15.4 Å². The van der Waals surface area contributed by atoms with Crippen molar-refractivity contribution in [1.82, 2.24) is 14.6 Å². The highest BCUT2D eigenvalue weighted by atomic mass is 32.2. The maximum absolute atomic E-state index is 14.5. The van der Waals surface area contributed by atoms with Crippen LogP contribution in [0, 0.1) is 11.8 Å². The van der Waals surface area contributed by atoms with Crippen LogP contribution in [0.3, 0.4) is 0 Å². The van der Waals surface area contributed by atoms with Crippen LogP contribution in [0.25, 0.3) is 10.9 Å². The molecule has 2 radical (unpaired) electrons. The quantitative estimate of drug-likeness (QED) is 0.0806. The van der Waals surface area contributed by atoms with Gasteiger partial charge in [-0.15, -0.1) is 21.4 Å². The molecule has 4 rings (SSSR count). The van der Waals surface area contributed by atoms with E-state index in [2.05, 4.69) is 22.5 Å². The zero-order valence-corrected chi connectivity index (χ0v) is 22.6. The number of nitrogens with zero attached hydrogens (tertiary/aromatic N) is 3. The minimum absolute atomic E-state index is 0.00550. The molecule has 1 aromatic heterocycles. The number of anilines is 2. The monoisotopic (exact) mass is 577 g/mol. The van der Waals surface area contributed by atoms with Crippen LogP contribution in [-0.2, 0) is 6.54 Å². The van der Waals surface area contributed by atoms with E-state index in [1.165, 1.54) is 11.8 Å². The minimum atomic E-state index is -4.50. The second-order valence-corrected chi connectivity index (χ2v) is 10.2. The zero-order valence-electron chi connectivity index (χ0n) is 21.8. The Kier molecular flexibility index (Phi) is 9.11. The van der Waals surface area contributed by atoms with Gasteiger partial charge in [0.1, 0.15) is 18.5 Å². The zero-order chi connectivity index (χ0) is 29.1. The molecule has 1 fully saturated rings. The van der Waals surface area contributed by atoms with Gasteiger partial charge in [0, 0.05) is 22.5 Å². The minimum Gasteiger partial charge on any atom is -0.447 e. The fourth-order valence-corrected chi connectivity index (χ4v) is 4.79. The molecule has 2 heterocycles. The summed E-state index contributed by atoms with van der Waals surface area (Å²) >= 11 is 1.40. The molecule has 1 saturated heterocycles. The Bertz CT molecular complexity index is 1400. The van der Waals surface area contributed by atoms with Gasteiger partial charge in [0.05, 0.1) is 30.1 Å². The number of nitrogens with one attached hydrogen (secondary N) is 2. The molecular weight excluding hydrogens is 549 g/mol. The molecule has 1 unspecified atom stereocenters. The fraction of sp³-hybridized carbons (Fsp3) is 0.385. The second-order valence-electron chi connectivity index (χ2n) is 9.32. The van der Waals surface area contributed by atoms with Gasteiger partial charge in [-0.05, 0) is 62.0 Å². The lowest BCUT2D eigenvalue weighted by Crippen LogP contribution is -2.48. The standard InChI is InChI=1S/C26H28BF4N5O3S/c1-34-12-10-24(36(31)16-34)33-20-6-3-7-22-19(20)13-17(35(22)15-25(28,29)30)5-4-11-32-21-9-8-18(40-2)14-23(21)39-26(27,37)38/h3,6-9,13-14,24,32-33,37-38H,10-12,15-16H2,1-2H3. The van der Waals surface area contributed by atoms with Crippen LogP contribution in [0.2, 0.25) is 0 Å². The number of aromatic nitrogens is 1. The first-order valence-electron chi connectivity index (χ1n) is 12.2. The van der Waals surface area contributed by atoms with Crippen LogP contribution in [-0.4, -0.2) is 83.9 Å². The topological polar surface area (TPSA) is 85.2 Å². The molecule has 3 aromatic rings. The van der Waals surface area contributed by atoms with E-state index in [9.17, 15) is 27.9 Å². The molecular formula is C26H28BF4N5O3S. The first-order valence-corrected chi connectivity index (χ1v) is 13.5. The van der Waals surface area contributed by atoms with E-state index in [0.29, 0.717) is 40.4 Å². The lowest BCUT2D eigenvalue weighted by molar-refractivity contribution is -0.223. The number of benzene rings is 2. The molecule has 212 valence electrons. The normalized spacial score (nSPS) is 16.9. The highest BCUT2D eigenvalue weighted by Gasteiger charge is 2.30. The summed E-state index contributed by atoms with van der Waals surface area (Å²) < 4.78 is 61.1. The van der Waals surface area contributed by atoms with Crippen molar-refractivity contribution in [3.63, 3.8) is 0 Å². The SMILES string of the molecule is [B]C(O)(O)Oc1cc(SC)ccc1NCC#Cc1cc2c(NC3CCN(C)CN3F)cccc2n1CC(F)(F)F. The van der Waals surface area contributed by atoms with Crippen molar-refractivity contribution < 1.29 is 32.6 Å². The molecule has 8 nitrogen and oxygen atoms in total. The highest BCUT2D eigenvalue weighted by molar-refractivity contribution is 7.98. The summed E-state index contributed by atoms with van der Waals surface area (Å²) in [7, 11) is 6.95. The third-order valence-corrected chi connectivity index (χ3v) is 6.86. The van der Waals surface area contributed by atoms with Gasteiger partial charge in [-0.2, -0.15) is 13.2 Å². The molecule has 0 bridgehead atoms. The summed E-state index contributed by atoms with van der Waals surface area (Å²) in [4.78, 5) is 2.60. The van der Waals surface area contributed by atoms with Crippen molar-refractivity contribution >= 4 is 41.9 Å². The van der Waals surface area contributed by atoms with Crippen LogP contribution in [0.4, 0.5) is 29.0 Å². The Morgan fingerprint density at radius 1 is 1.18 bits per heavy atom.